The normalized spacial score (nSPS) is 18.7. The summed E-state index contributed by atoms with van der Waals surface area (Å²) in [7, 11) is 1.95. The lowest BCUT2D eigenvalue weighted by Crippen LogP contribution is -2.31. The van der Waals surface area contributed by atoms with Crippen LogP contribution >= 0.6 is 0 Å². The summed E-state index contributed by atoms with van der Waals surface area (Å²) in [6.45, 7) is 9.88. The smallest absolute Gasteiger partial charge is 0.138 e. The van der Waals surface area contributed by atoms with Crippen LogP contribution in [0.4, 0.5) is 11.6 Å². The van der Waals surface area contributed by atoms with Crippen molar-refractivity contribution in [2.75, 3.05) is 23.8 Å². The second-order valence-corrected chi connectivity index (χ2v) is 7.67. The second-order valence-electron chi connectivity index (χ2n) is 7.67. The summed E-state index contributed by atoms with van der Waals surface area (Å²) < 4.78 is 0. The van der Waals surface area contributed by atoms with Crippen LogP contribution in [0.2, 0.25) is 0 Å². The number of aromatic nitrogens is 2. The Morgan fingerprint density at radius 2 is 1.81 bits per heavy atom. The van der Waals surface area contributed by atoms with Gasteiger partial charge in [-0.25, -0.2) is 9.97 Å². The van der Waals surface area contributed by atoms with Crippen LogP contribution < -0.4 is 10.2 Å². The lowest BCUT2D eigenvalue weighted by Gasteiger charge is -2.28. The van der Waals surface area contributed by atoms with E-state index in [2.05, 4.69) is 37.9 Å². The predicted molar refractivity (Wildman–Crippen MR) is 88.1 cm³/mol. The molecule has 0 bridgehead atoms. The fraction of sp³-hybridized carbons (Fsp3) is 0.765. The van der Waals surface area contributed by atoms with Crippen molar-refractivity contribution < 1.29 is 0 Å². The topological polar surface area (TPSA) is 41.1 Å². The minimum atomic E-state index is -0.0249. The Hall–Kier alpha value is -1.32. The SMILES string of the molecule is CNc1nc(C(C)(C)C)nc(N(CC2CC2)C2CC2)c1C. The van der Waals surface area contributed by atoms with Gasteiger partial charge in [-0.05, 0) is 38.5 Å². The molecule has 2 aliphatic rings. The van der Waals surface area contributed by atoms with Crippen molar-refractivity contribution in [1.29, 1.82) is 0 Å². The van der Waals surface area contributed by atoms with E-state index in [1.807, 2.05) is 7.05 Å². The quantitative estimate of drug-likeness (QED) is 0.900. The molecule has 0 unspecified atom stereocenters. The first-order chi connectivity index (χ1) is 9.90. The Balaban J connectivity index is 2.01. The monoisotopic (exact) mass is 288 g/mol. The summed E-state index contributed by atoms with van der Waals surface area (Å²) in [5.74, 6) is 3.96. The Labute approximate surface area is 128 Å². The van der Waals surface area contributed by atoms with Crippen LogP contribution in [-0.2, 0) is 5.41 Å². The molecule has 2 aliphatic carbocycles. The number of hydrogen-bond acceptors (Lipinski definition) is 4. The van der Waals surface area contributed by atoms with Crippen LogP contribution in [0, 0.1) is 12.8 Å². The molecule has 0 aromatic carbocycles. The molecule has 1 aromatic rings. The third-order valence-corrected chi connectivity index (χ3v) is 4.44. The van der Waals surface area contributed by atoms with Crippen LogP contribution in [-0.4, -0.2) is 29.6 Å². The van der Waals surface area contributed by atoms with E-state index in [9.17, 15) is 0 Å². The van der Waals surface area contributed by atoms with Gasteiger partial charge in [0.15, 0.2) is 0 Å². The van der Waals surface area contributed by atoms with E-state index >= 15 is 0 Å². The Bertz CT molecular complexity index is 524. The number of nitrogens with one attached hydrogen (secondary N) is 1. The lowest BCUT2D eigenvalue weighted by atomic mass is 9.95. The average Bonchev–Trinajstić information content (AvgIpc) is 3.27. The Morgan fingerprint density at radius 1 is 1.14 bits per heavy atom. The fourth-order valence-electron chi connectivity index (χ4n) is 2.74. The van der Waals surface area contributed by atoms with Gasteiger partial charge in [0.1, 0.15) is 17.5 Å². The maximum Gasteiger partial charge on any atom is 0.138 e. The van der Waals surface area contributed by atoms with Gasteiger partial charge in [-0.15, -0.1) is 0 Å². The van der Waals surface area contributed by atoms with Gasteiger partial charge >= 0.3 is 0 Å². The molecule has 0 atom stereocenters. The Kier molecular flexibility index (Phi) is 3.58. The molecule has 0 radical (unpaired) electrons. The summed E-state index contributed by atoms with van der Waals surface area (Å²) >= 11 is 0. The zero-order valence-electron chi connectivity index (χ0n) is 14.0. The molecule has 0 aliphatic heterocycles. The third kappa shape index (κ3) is 3.14. The molecule has 2 saturated carbocycles. The predicted octanol–water partition coefficient (Wildman–Crippen LogP) is 3.50. The van der Waals surface area contributed by atoms with Crippen molar-refractivity contribution in [3.05, 3.63) is 11.4 Å². The van der Waals surface area contributed by atoms with Crippen molar-refractivity contribution in [3.8, 4) is 0 Å². The first-order valence-corrected chi connectivity index (χ1v) is 8.23. The maximum absolute atomic E-state index is 4.97. The Morgan fingerprint density at radius 3 is 2.29 bits per heavy atom. The van der Waals surface area contributed by atoms with E-state index in [0.29, 0.717) is 6.04 Å². The van der Waals surface area contributed by atoms with E-state index in [-0.39, 0.29) is 5.41 Å². The molecule has 4 heteroatoms. The number of anilines is 2. The molecule has 0 saturated heterocycles. The first-order valence-electron chi connectivity index (χ1n) is 8.23. The molecule has 1 heterocycles. The molecule has 1 N–H and O–H groups in total. The number of nitrogens with zero attached hydrogens (tertiary/aromatic N) is 3. The van der Waals surface area contributed by atoms with Crippen LogP contribution in [0.15, 0.2) is 0 Å². The van der Waals surface area contributed by atoms with Crippen molar-refractivity contribution >= 4 is 11.6 Å². The van der Waals surface area contributed by atoms with E-state index in [4.69, 9.17) is 9.97 Å². The molecular formula is C17H28N4. The zero-order valence-corrected chi connectivity index (χ0v) is 14.0. The minimum Gasteiger partial charge on any atom is -0.373 e. The highest BCUT2D eigenvalue weighted by molar-refractivity contribution is 5.60. The molecule has 3 rings (SSSR count). The van der Waals surface area contributed by atoms with Crippen molar-refractivity contribution in [1.82, 2.24) is 9.97 Å². The molecule has 1 aromatic heterocycles. The van der Waals surface area contributed by atoms with E-state index < -0.39 is 0 Å². The van der Waals surface area contributed by atoms with Crippen molar-refractivity contribution in [3.63, 3.8) is 0 Å². The minimum absolute atomic E-state index is 0.0249. The van der Waals surface area contributed by atoms with Crippen LogP contribution in [0.1, 0.15) is 57.8 Å². The number of hydrogen-bond donors (Lipinski definition) is 1. The van der Waals surface area contributed by atoms with Crippen molar-refractivity contribution in [2.24, 2.45) is 5.92 Å². The first kappa shape index (κ1) is 14.6. The van der Waals surface area contributed by atoms with Crippen molar-refractivity contribution in [2.45, 2.75) is 64.8 Å². The van der Waals surface area contributed by atoms with Gasteiger partial charge < -0.3 is 10.2 Å². The summed E-state index contributed by atoms with van der Waals surface area (Å²) in [5, 5.41) is 3.25. The highest BCUT2D eigenvalue weighted by atomic mass is 15.3. The molecule has 116 valence electrons. The molecule has 2 fully saturated rings. The summed E-state index contributed by atoms with van der Waals surface area (Å²) in [6.07, 6.45) is 5.41. The number of rotatable bonds is 5. The van der Waals surface area contributed by atoms with Gasteiger partial charge in [0.05, 0.1) is 0 Å². The third-order valence-electron chi connectivity index (χ3n) is 4.44. The van der Waals surface area contributed by atoms with E-state index in [1.54, 1.807) is 0 Å². The molecule has 4 nitrogen and oxygen atoms in total. The van der Waals surface area contributed by atoms with Gasteiger partial charge in [0, 0.05) is 30.6 Å². The summed E-state index contributed by atoms with van der Waals surface area (Å²) in [4.78, 5) is 12.3. The van der Waals surface area contributed by atoms with Gasteiger partial charge in [0.25, 0.3) is 0 Å². The molecular weight excluding hydrogens is 260 g/mol. The summed E-state index contributed by atoms with van der Waals surface area (Å²) in [6, 6.07) is 0.705. The maximum atomic E-state index is 4.97. The highest BCUT2D eigenvalue weighted by Gasteiger charge is 2.36. The van der Waals surface area contributed by atoms with E-state index in [1.165, 1.54) is 37.8 Å². The second kappa shape index (κ2) is 5.15. The fourth-order valence-corrected chi connectivity index (χ4v) is 2.74. The molecule has 0 spiro atoms. The molecule has 0 amide bonds. The lowest BCUT2D eigenvalue weighted by molar-refractivity contribution is 0.543. The van der Waals surface area contributed by atoms with Gasteiger partial charge in [-0.3, -0.25) is 0 Å². The standard InChI is InChI=1S/C17H28N4/c1-11-14(18-5)19-16(17(2,3)4)20-15(11)21(13-8-9-13)10-12-6-7-12/h12-13H,6-10H2,1-5H3,(H,18,19,20). The van der Waals surface area contributed by atoms with Crippen LogP contribution in [0.3, 0.4) is 0 Å². The molecule has 21 heavy (non-hydrogen) atoms. The van der Waals surface area contributed by atoms with Crippen LogP contribution in [0.5, 0.6) is 0 Å². The highest BCUT2D eigenvalue weighted by Crippen LogP contribution is 2.39. The van der Waals surface area contributed by atoms with Gasteiger partial charge in [-0.1, -0.05) is 20.8 Å². The zero-order chi connectivity index (χ0) is 15.2. The van der Waals surface area contributed by atoms with E-state index in [0.717, 1.165) is 23.4 Å². The van der Waals surface area contributed by atoms with Crippen LogP contribution in [0.25, 0.3) is 0 Å². The average molecular weight is 288 g/mol. The largest absolute Gasteiger partial charge is 0.373 e. The van der Waals surface area contributed by atoms with Gasteiger partial charge in [0.2, 0.25) is 0 Å². The summed E-state index contributed by atoms with van der Waals surface area (Å²) in [5.41, 5.74) is 1.17. The van der Waals surface area contributed by atoms with Gasteiger partial charge in [-0.2, -0.15) is 0 Å².